The number of anilines is 2. The van der Waals surface area contributed by atoms with Gasteiger partial charge in [-0.25, -0.2) is 0 Å². The summed E-state index contributed by atoms with van der Waals surface area (Å²) in [5.74, 6) is -2.27. The lowest BCUT2D eigenvalue weighted by atomic mass is 10.2. The Morgan fingerprint density at radius 1 is 1.23 bits per heavy atom. The fourth-order valence-corrected chi connectivity index (χ4v) is 2.36. The van der Waals surface area contributed by atoms with E-state index >= 15 is 0 Å². The zero-order valence-electron chi connectivity index (χ0n) is 13.5. The van der Waals surface area contributed by atoms with Crippen LogP contribution in [-0.2, 0) is 4.79 Å². The Bertz CT molecular complexity index is 744. The highest BCUT2D eigenvalue weighted by molar-refractivity contribution is 6.45. The number of benzene rings is 1. The molecule has 1 saturated heterocycles. The lowest BCUT2D eigenvalue weighted by molar-refractivity contribution is -0.185. The fourth-order valence-electron chi connectivity index (χ4n) is 2.36. The lowest BCUT2D eigenvalue weighted by Gasteiger charge is -2.36. The van der Waals surface area contributed by atoms with E-state index in [1.807, 2.05) is 4.90 Å². The van der Waals surface area contributed by atoms with E-state index < -0.39 is 17.9 Å². The molecule has 0 aliphatic carbocycles. The number of nitrogens with zero attached hydrogens (tertiary/aromatic N) is 4. The number of amidine groups is 1. The second-order valence-electron chi connectivity index (χ2n) is 5.42. The van der Waals surface area contributed by atoms with E-state index in [9.17, 15) is 18.0 Å². The van der Waals surface area contributed by atoms with Crippen LogP contribution in [0.15, 0.2) is 29.4 Å². The van der Waals surface area contributed by atoms with Gasteiger partial charge in [-0.2, -0.15) is 23.5 Å². The maximum atomic E-state index is 12.4. The Morgan fingerprint density at radius 3 is 2.27 bits per heavy atom. The number of piperazine rings is 1. The van der Waals surface area contributed by atoms with Gasteiger partial charge in [-0.15, -0.1) is 0 Å². The summed E-state index contributed by atoms with van der Waals surface area (Å²) in [6.07, 6.45) is -4.85. The Hall–Kier alpha value is -3.29. The van der Waals surface area contributed by atoms with Crippen LogP contribution in [0.3, 0.4) is 0 Å². The van der Waals surface area contributed by atoms with Crippen LogP contribution in [0.4, 0.5) is 24.5 Å². The number of hydrogen-bond donors (Lipinski definition) is 3. The van der Waals surface area contributed by atoms with Crippen molar-refractivity contribution >= 4 is 28.8 Å². The zero-order valence-corrected chi connectivity index (χ0v) is 13.5. The zero-order chi connectivity index (χ0) is 19.3. The van der Waals surface area contributed by atoms with Crippen molar-refractivity contribution in [3.63, 3.8) is 0 Å². The molecule has 8 nitrogen and oxygen atoms in total. The summed E-state index contributed by atoms with van der Waals surface area (Å²) in [5.41, 5.74) is 8.85. The number of hydrazone groups is 1. The molecular formula is C15H16F3N7O. The number of halogens is 3. The number of amides is 1. The second-order valence-corrected chi connectivity index (χ2v) is 5.42. The van der Waals surface area contributed by atoms with Gasteiger partial charge in [0.1, 0.15) is 6.07 Å². The highest BCUT2D eigenvalue weighted by atomic mass is 19.4. The SMILES string of the molecule is N#C/C(=N\Nc1ccc(N2CCN(C(=O)C(F)(F)F)CC2)cc1)C(=N)N. The first kappa shape index (κ1) is 19.0. The van der Waals surface area contributed by atoms with Gasteiger partial charge in [-0.1, -0.05) is 0 Å². The van der Waals surface area contributed by atoms with E-state index in [2.05, 4.69) is 10.5 Å². The standard InChI is InChI=1S/C15H16F3N7O/c16-15(17,18)14(26)25-7-5-24(6-8-25)11-3-1-10(2-4-11)22-23-12(9-19)13(20)21/h1-4,22H,5-8H2,(H3,20,21)/b23-12+. The number of carbonyl (C=O) groups excluding carboxylic acids is 1. The van der Waals surface area contributed by atoms with Crippen LogP contribution >= 0.6 is 0 Å². The molecule has 11 heteroatoms. The van der Waals surface area contributed by atoms with Gasteiger partial charge in [0.05, 0.1) is 5.69 Å². The van der Waals surface area contributed by atoms with Crippen molar-refractivity contribution < 1.29 is 18.0 Å². The molecule has 0 spiro atoms. The van der Waals surface area contributed by atoms with E-state index in [1.165, 1.54) is 0 Å². The van der Waals surface area contributed by atoms with Crippen molar-refractivity contribution in [3.8, 4) is 6.07 Å². The molecule has 1 aliphatic rings. The molecule has 0 bridgehead atoms. The van der Waals surface area contributed by atoms with Gasteiger partial charge in [0.15, 0.2) is 5.84 Å². The number of carbonyl (C=O) groups is 1. The van der Waals surface area contributed by atoms with Crippen LogP contribution in [0.2, 0.25) is 0 Å². The minimum absolute atomic E-state index is 0.00716. The number of alkyl halides is 3. The lowest BCUT2D eigenvalue weighted by Crippen LogP contribution is -2.52. The van der Waals surface area contributed by atoms with Crippen LogP contribution in [0.5, 0.6) is 0 Å². The van der Waals surface area contributed by atoms with Crippen LogP contribution in [0, 0.1) is 16.7 Å². The van der Waals surface area contributed by atoms with Crippen molar-refractivity contribution in [2.75, 3.05) is 36.5 Å². The Morgan fingerprint density at radius 2 is 1.81 bits per heavy atom. The van der Waals surface area contributed by atoms with E-state index in [1.54, 1.807) is 30.3 Å². The second kappa shape index (κ2) is 7.73. The third-order valence-electron chi connectivity index (χ3n) is 3.70. The molecule has 0 unspecified atom stereocenters. The highest BCUT2D eigenvalue weighted by Crippen LogP contribution is 2.22. The molecule has 1 heterocycles. The van der Waals surface area contributed by atoms with Crippen molar-refractivity contribution in [2.24, 2.45) is 10.8 Å². The number of rotatable bonds is 4. The molecule has 138 valence electrons. The van der Waals surface area contributed by atoms with Crippen LogP contribution < -0.4 is 16.1 Å². The summed E-state index contributed by atoms with van der Waals surface area (Å²) in [6.45, 7) is 0.560. The van der Waals surface area contributed by atoms with Gasteiger partial charge in [-0.3, -0.25) is 15.6 Å². The van der Waals surface area contributed by atoms with E-state index in [-0.39, 0.29) is 31.9 Å². The van der Waals surface area contributed by atoms with Gasteiger partial charge >= 0.3 is 12.1 Å². The van der Waals surface area contributed by atoms with Gasteiger partial charge in [0.2, 0.25) is 5.71 Å². The third-order valence-corrected chi connectivity index (χ3v) is 3.70. The van der Waals surface area contributed by atoms with E-state index in [0.29, 0.717) is 5.69 Å². The molecule has 1 fully saturated rings. The molecule has 1 aliphatic heterocycles. The van der Waals surface area contributed by atoms with Gasteiger partial charge in [0.25, 0.3) is 0 Å². The van der Waals surface area contributed by atoms with Crippen LogP contribution in [-0.4, -0.2) is 54.7 Å². The van der Waals surface area contributed by atoms with Crippen LogP contribution in [0.1, 0.15) is 0 Å². The molecule has 1 amide bonds. The average molecular weight is 367 g/mol. The third kappa shape index (κ3) is 4.62. The maximum Gasteiger partial charge on any atom is 0.471 e. The molecule has 2 rings (SSSR count). The monoisotopic (exact) mass is 367 g/mol. The van der Waals surface area contributed by atoms with Crippen molar-refractivity contribution in [3.05, 3.63) is 24.3 Å². The fraction of sp³-hybridized carbons (Fsp3) is 0.333. The summed E-state index contributed by atoms with van der Waals surface area (Å²) in [5, 5.41) is 19.6. The molecule has 0 atom stereocenters. The summed E-state index contributed by atoms with van der Waals surface area (Å²) >= 11 is 0. The first-order chi connectivity index (χ1) is 12.2. The van der Waals surface area contributed by atoms with Crippen molar-refractivity contribution in [1.29, 1.82) is 10.7 Å². The Labute approximate surface area is 147 Å². The number of nitrogens with one attached hydrogen (secondary N) is 2. The molecule has 0 saturated carbocycles. The summed E-state index contributed by atoms with van der Waals surface area (Å²) in [4.78, 5) is 13.9. The first-order valence-electron chi connectivity index (χ1n) is 7.51. The molecular weight excluding hydrogens is 351 g/mol. The average Bonchev–Trinajstić information content (AvgIpc) is 2.61. The maximum absolute atomic E-state index is 12.4. The highest BCUT2D eigenvalue weighted by Gasteiger charge is 2.43. The number of nitrogens with two attached hydrogens (primary N) is 1. The first-order valence-corrected chi connectivity index (χ1v) is 7.51. The Balaban J connectivity index is 1.95. The number of hydrogen-bond acceptors (Lipinski definition) is 6. The van der Waals surface area contributed by atoms with Crippen molar-refractivity contribution in [1.82, 2.24) is 4.90 Å². The topological polar surface area (TPSA) is 122 Å². The minimum Gasteiger partial charge on any atom is -0.382 e. The quantitative estimate of drug-likeness (QED) is 0.418. The molecule has 1 aromatic rings. The summed E-state index contributed by atoms with van der Waals surface area (Å²) < 4.78 is 37.3. The van der Waals surface area contributed by atoms with Crippen LogP contribution in [0.25, 0.3) is 0 Å². The summed E-state index contributed by atoms with van der Waals surface area (Å²) in [7, 11) is 0. The molecule has 0 aromatic heterocycles. The smallest absolute Gasteiger partial charge is 0.382 e. The molecule has 1 aromatic carbocycles. The molecule has 0 radical (unpaired) electrons. The molecule has 4 N–H and O–H groups in total. The van der Waals surface area contributed by atoms with E-state index in [4.69, 9.17) is 16.4 Å². The van der Waals surface area contributed by atoms with E-state index in [0.717, 1.165) is 10.6 Å². The van der Waals surface area contributed by atoms with Crippen molar-refractivity contribution in [2.45, 2.75) is 6.18 Å². The predicted molar refractivity (Wildman–Crippen MR) is 89.9 cm³/mol. The van der Waals surface area contributed by atoms with Gasteiger partial charge in [0, 0.05) is 31.9 Å². The largest absolute Gasteiger partial charge is 0.471 e. The number of nitriles is 1. The minimum atomic E-state index is -4.85. The predicted octanol–water partition coefficient (Wildman–Crippen LogP) is 1.12. The van der Waals surface area contributed by atoms with Gasteiger partial charge < -0.3 is 15.5 Å². The normalized spacial score (nSPS) is 15.4. The van der Waals surface area contributed by atoms with Gasteiger partial charge in [-0.05, 0) is 24.3 Å². The summed E-state index contributed by atoms with van der Waals surface area (Å²) in [6, 6.07) is 8.48. The Kier molecular flexibility index (Phi) is 5.66. The molecule has 26 heavy (non-hydrogen) atoms.